The van der Waals surface area contributed by atoms with Crippen molar-refractivity contribution in [3.63, 3.8) is 0 Å². The Hall–Kier alpha value is -0.0800. The average molecular weight is 425 g/mol. The zero-order valence-electron chi connectivity index (χ0n) is 20.7. The molecule has 0 heterocycles. The van der Waals surface area contributed by atoms with E-state index < -0.39 is 0 Å². The Morgan fingerprint density at radius 1 is 0.567 bits per heavy atom. The Balaban J connectivity index is 1.66. The molecule has 1 aliphatic carbocycles. The van der Waals surface area contributed by atoms with E-state index in [1.165, 1.54) is 135 Å². The molecule has 1 fully saturated rings. The predicted octanol–water partition coefficient (Wildman–Crippen LogP) is 8.99. The lowest BCUT2D eigenvalue weighted by molar-refractivity contribution is 0.00875. The molecule has 0 aromatic carbocycles. The van der Waals surface area contributed by atoms with E-state index in [1.54, 1.807) is 0 Å². The first-order valence-electron chi connectivity index (χ1n) is 14.1. The maximum absolute atomic E-state index is 9.33. The largest absolute Gasteiger partial charge is 0.396 e. The predicted molar refractivity (Wildman–Crippen MR) is 132 cm³/mol. The van der Waals surface area contributed by atoms with Gasteiger partial charge in [0.1, 0.15) is 0 Å². The number of aliphatic hydroxyl groups is 1. The molecule has 2 nitrogen and oxygen atoms in total. The van der Waals surface area contributed by atoms with Gasteiger partial charge in [-0.1, -0.05) is 135 Å². The summed E-state index contributed by atoms with van der Waals surface area (Å²) in [4.78, 5) is 0. The Morgan fingerprint density at radius 2 is 0.967 bits per heavy atom. The van der Waals surface area contributed by atoms with E-state index in [0.29, 0.717) is 18.6 Å². The molecule has 180 valence electrons. The quantitative estimate of drug-likeness (QED) is 0.166. The molecule has 1 saturated carbocycles. The summed E-state index contributed by atoms with van der Waals surface area (Å²) >= 11 is 0. The van der Waals surface area contributed by atoms with Crippen molar-refractivity contribution in [2.45, 2.75) is 161 Å². The Kier molecular flexibility index (Phi) is 20.6. The smallest absolute Gasteiger partial charge is 0.0625 e. The van der Waals surface area contributed by atoms with E-state index in [-0.39, 0.29) is 0 Å². The zero-order valence-corrected chi connectivity index (χ0v) is 20.7. The summed E-state index contributed by atoms with van der Waals surface area (Å²) in [6.45, 7) is 3.51. The van der Waals surface area contributed by atoms with Crippen LogP contribution in [0, 0.1) is 5.92 Å². The summed E-state index contributed by atoms with van der Waals surface area (Å²) in [5.41, 5.74) is 0. The molecule has 0 aromatic heterocycles. The lowest BCUT2D eigenvalue weighted by Crippen LogP contribution is -2.21. The van der Waals surface area contributed by atoms with Gasteiger partial charge in [-0.25, -0.2) is 0 Å². The molecule has 2 heteroatoms. The molecule has 0 bridgehead atoms. The van der Waals surface area contributed by atoms with Crippen molar-refractivity contribution >= 4 is 0 Å². The summed E-state index contributed by atoms with van der Waals surface area (Å²) in [6.07, 6.45) is 32.4. The first-order valence-corrected chi connectivity index (χ1v) is 14.1. The topological polar surface area (TPSA) is 29.5 Å². The Bertz CT molecular complexity index is 331. The molecule has 0 spiro atoms. The van der Waals surface area contributed by atoms with Crippen molar-refractivity contribution in [2.75, 3.05) is 13.2 Å². The van der Waals surface area contributed by atoms with Crippen molar-refractivity contribution in [1.29, 1.82) is 0 Å². The van der Waals surface area contributed by atoms with Crippen LogP contribution in [-0.4, -0.2) is 24.4 Å². The number of unbranched alkanes of at least 4 members (excludes halogenated alkanes) is 19. The van der Waals surface area contributed by atoms with Crippen molar-refractivity contribution < 1.29 is 9.84 Å². The summed E-state index contributed by atoms with van der Waals surface area (Å²) in [5.74, 6) is 0.412. The van der Waals surface area contributed by atoms with Gasteiger partial charge < -0.3 is 9.84 Å². The van der Waals surface area contributed by atoms with Crippen LogP contribution < -0.4 is 0 Å². The van der Waals surface area contributed by atoms with Crippen LogP contribution in [0.1, 0.15) is 155 Å². The average Bonchev–Trinajstić information content (AvgIpc) is 3.22. The minimum Gasteiger partial charge on any atom is -0.396 e. The molecule has 2 atom stereocenters. The molecule has 1 N–H and O–H groups in total. The SMILES string of the molecule is CCCCCCCCCCCCCCCCCCCCCCO[C@@H]1CCC[C@H]1CO. The van der Waals surface area contributed by atoms with Crippen LogP contribution in [0.25, 0.3) is 0 Å². The number of ether oxygens (including phenoxy) is 1. The molecule has 30 heavy (non-hydrogen) atoms. The maximum Gasteiger partial charge on any atom is 0.0625 e. The summed E-state index contributed by atoms with van der Waals surface area (Å²) in [5, 5.41) is 9.33. The highest BCUT2D eigenvalue weighted by molar-refractivity contribution is 4.77. The Labute approximate surface area is 189 Å². The minimum absolute atomic E-state index is 0.309. The zero-order chi connectivity index (χ0) is 21.5. The summed E-state index contributed by atoms with van der Waals surface area (Å²) < 4.78 is 5.98. The second-order valence-corrected chi connectivity index (χ2v) is 10.0. The summed E-state index contributed by atoms with van der Waals surface area (Å²) in [6, 6.07) is 0. The molecular formula is C28H56O2. The highest BCUT2D eigenvalue weighted by atomic mass is 16.5. The van der Waals surface area contributed by atoms with Gasteiger partial charge >= 0.3 is 0 Å². The van der Waals surface area contributed by atoms with Crippen LogP contribution >= 0.6 is 0 Å². The fraction of sp³-hybridized carbons (Fsp3) is 1.00. The third kappa shape index (κ3) is 16.6. The summed E-state index contributed by atoms with van der Waals surface area (Å²) in [7, 11) is 0. The van der Waals surface area contributed by atoms with Gasteiger partial charge in [-0.3, -0.25) is 0 Å². The first kappa shape index (κ1) is 28.0. The standard InChI is InChI=1S/C28H56O2/c1-2-3-4-5-6-7-8-9-10-11-12-13-14-15-16-17-18-19-20-21-25-30-28-24-22-23-27(28)26-29/h27-29H,2-26H2,1H3/t27-,28+/m0/s1. The molecule has 1 aliphatic rings. The van der Waals surface area contributed by atoms with E-state index in [4.69, 9.17) is 4.74 Å². The van der Waals surface area contributed by atoms with Crippen molar-refractivity contribution in [3.8, 4) is 0 Å². The van der Waals surface area contributed by atoms with Crippen molar-refractivity contribution in [2.24, 2.45) is 5.92 Å². The minimum atomic E-state index is 0.309. The monoisotopic (exact) mass is 424 g/mol. The molecule has 0 saturated heterocycles. The van der Waals surface area contributed by atoms with Gasteiger partial charge in [0.05, 0.1) is 6.10 Å². The molecule has 0 unspecified atom stereocenters. The van der Waals surface area contributed by atoms with Crippen LogP contribution in [-0.2, 0) is 4.74 Å². The van der Waals surface area contributed by atoms with Gasteiger partial charge in [0, 0.05) is 19.1 Å². The molecule has 0 amide bonds. The van der Waals surface area contributed by atoms with E-state index in [1.807, 2.05) is 0 Å². The van der Waals surface area contributed by atoms with E-state index in [9.17, 15) is 5.11 Å². The van der Waals surface area contributed by atoms with Crippen LogP contribution in [0.3, 0.4) is 0 Å². The van der Waals surface area contributed by atoms with Gasteiger partial charge in [-0.15, -0.1) is 0 Å². The molecule has 0 radical (unpaired) electrons. The van der Waals surface area contributed by atoms with Gasteiger partial charge in [-0.05, 0) is 19.3 Å². The van der Waals surface area contributed by atoms with Crippen LogP contribution in [0.15, 0.2) is 0 Å². The number of rotatable bonds is 23. The van der Waals surface area contributed by atoms with Crippen LogP contribution in [0.4, 0.5) is 0 Å². The van der Waals surface area contributed by atoms with Crippen LogP contribution in [0.2, 0.25) is 0 Å². The fourth-order valence-electron chi connectivity index (χ4n) is 5.02. The number of hydrogen-bond acceptors (Lipinski definition) is 2. The fourth-order valence-corrected chi connectivity index (χ4v) is 5.02. The van der Waals surface area contributed by atoms with Crippen molar-refractivity contribution in [1.82, 2.24) is 0 Å². The van der Waals surface area contributed by atoms with Gasteiger partial charge in [0.2, 0.25) is 0 Å². The van der Waals surface area contributed by atoms with E-state index >= 15 is 0 Å². The highest BCUT2D eigenvalue weighted by Gasteiger charge is 2.26. The molecule has 1 rings (SSSR count). The first-order chi connectivity index (χ1) is 14.9. The normalized spacial score (nSPS) is 19.0. The number of hydrogen-bond donors (Lipinski definition) is 1. The number of aliphatic hydroxyl groups excluding tert-OH is 1. The van der Waals surface area contributed by atoms with E-state index in [0.717, 1.165) is 19.4 Å². The van der Waals surface area contributed by atoms with Gasteiger partial charge in [0.15, 0.2) is 0 Å². The van der Waals surface area contributed by atoms with Crippen LogP contribution in [0.5, 0.6) is 0 Å². The maximum atomic E-state index is 9.33. The molecular weight excluding hydrogens is 368 g/mol. The Morgan fingerprint density at radius 3 is 1.37 bits per heavy atom. The van der Waals surface area contributed by atoms with Crippen molar-refractivity contribution in [3.05, 3.63) is 0 Å². The lowest BCUT2D eigenvalue weighted by atomic mass is 10.0. The third-order valence-corrected chi connectivity index (χ3v) is 7.15. The highest BCUT2D eigenvalue weighted by Crippen LogP contribution is 2.28. The second-order valence-electron chi connectivity index (χ2n) is 10.0. The third-order valence-electron chi connectivity index (χ3n) is 7.15. The van der Waals surface area contributed by atoms with E-state index in [2.05, 4.69) is 6.92 Å². The van der Waals surface area contributed by atoms with Gasteiger partial charge in [-0.2, -0.15) is 0 Å². The van der Waals surface area contributed by atoms with Gasteiger partial charge in [0.25, 0.3) is 0 Å². The lowest BCUT2D eigenvalue weighted by Gasteiger charge is -2.18. The second kappa shape index (κ2) is 22.1. The molecule has 0 aromatic rings. The molecule has 0 aliphatic heterocycles.